The maximum atomic E-state index is 7.19. The molecule has 0 aliphatic rings. The standard InChI is InChI=1S/C12H14N8O2/c13-11(14)19-17-9(7-3-1-5-21-7)10(18-20-12(15)16)8-4-2-6-22-8/h1-6H,(H4,13,14,19)(H4,15,16,20)/b17-9-,18-10-. The fraction of sp³-hybridized carbons (Fsp3) is 0. The molecule has 0 saturated carbocycles. The Morgan fingerprint density at radius 2 is 1.27 bits per heavy atom. The first kappa shape index (κ1) is 14.8. The van der Waals surface area contributed by atoms with E-state index in [2.05, 4.69) is 21.1 Å². The average Bonchev–Trinajstić information content (AvgIpc) is 3.14. The Hall–Kier alpha value is -3.56. The molecular formula is C12H14N8O2. The smallest absolute Gasteiger partial charge is 0.206 e. The fourth-order valence-electron chi connectivity index (χ4n) is 1.51. The van der Waals surface area contributed by atoms with Crippen molar-refractivity contribution >= 4 is 23.3 Å². The second kappa shape index (κ2) is 6.74. The van der Waals surface area contributed by atoms with Crippen molar-refractivity contribution in [2.45, 2.75) is 0 Å². The van der Waals surface area contributed by atoms with E-state index in [0.29, 0.717) is 11.5 Å². The van der Waals surface area contributed by atoms with Gasteiger partial charge in [0.05, 0.1) is 12.5 Å². The van der Waals surface area contributed by atoms with Gasteiger partial charge in [0.2, 0.25) is 11.9 Å². The van der Waals surface area contributed by atoms with Gasteiger partial charge >= 0.3 is 0 Å². The monoisotopic (exact) mass is 302 g/mol. The molecule has 0 radical (unpaired) electrons. The zero-order chi connectivity index (χ0) is 15.9. The van der Waals surface area contributed by atoms with E-state index in [9.17, 15) is 0 Å². The van der Waals surface area contributed by atoms with Crippen molar-refractivity contribution in [1.82, 2.24) is 10.9 Å². The summed E-state index contributed by atoms with van der Waals surface area (Å²) >= 11 is 0. The lowest BCUT2D eigenvalue weighted by Crippen LogP contribution is -2.32. The van der Waals surface area contributed by atoms with Crippen LogP contribution >= 0.6 is 0 Å². The van der Waals surface area contributed by atoms with Gasteiger partial charge in [-0.2, -0.15) is 10.2 Å². The Morgan fingerprint density at radius 3 is 1.55 bits per heavy atom. The molecule has 0 aromatic carbocycles. The lowest BCUT2D eigenvalue weighted by atomic mass is 10.1. The number of hydrogen-bond acceptors (Lipinski definition) is 6. The van der Waals surface area contributed by atoms with Crippen molar-refractivity contribution in [3.8, 4) is 0 Å². The minimum atomic E-state index is -0.359. The average molecular weight is 302 g/mol. The molecule has 0 unspecified atom stereocenters. The molecule has 0 amide bonds. The lowest BCUT2D eigenvalue weighted by Gasteiger charge is -2.07. The largest absolute Gasteiger partial charge is 0.463 e. The lowest BCUT2D eigenvalue weighted by molar-refractivity contribution is 0.552. The Labute approximate surface area is 124 Å². The number of furan rings is 2. The van der Waals surface area contributed by atoms with Gasteiger partial charge in [0.1, 0.15) is 0 Å². The summed E-state index contributed by atoms with van der Waals surface area (Å²) in [5, 5.41) is 22.4. The predicted octanol–water partition coefficient (Wildman–Crippen LogP) is -0.0529. The third-order valence-electron chi connectivity index (χ3n) is 2.31. The normalized spacial score (nSPS) is 12.0. The highest BCUT2D eigenvalue weighted by molar-refractivity contribution is 6.52. The summed E-state index contributed by atoms with van der Waals surface area (Å²) in [5.74, 6) is -0.00624. The van der Waals surface area contributed by atoms with Gasteiger partial charge in [-0.05, 0) is 24.3 Å². The van der Waals surface area contributed by atoms with Gasteiger partial charge in [0.25, 0.3) is 0 Å². The van der Waals surface area contributed by atoms with Gasteiger partial charge in [0.15, 0.2) is 22.9 Å². The van der Waals surface area contributed by atoms with E-state index in [1.54, 1.807) is 24.3 Å². The number of hydrogen-bond donors (Lipinski definition) is 6. The summed E-state index contributed by atoms with van der Waals surface area (Å²) < 4.78 is 10.6. The number of rotatable bonds is 5. The zero-order valence-electron chi connectivity index (χ0n) is 11.3. The van der Waals surface area contributed by atoms with Gasteiger partial charge in [0, 0.05) is 0 Å². The summed E-state index contributed by atoms with van der Waals surface area (Å²) in [5.41, 5.74) is 15.5. The Morgan fingerprint density at radius 1 is 0.864 bits per heavy atom. The summed E-state index contributed by atoms with van der Waals surface area (Å²) in [7, 11) is 0. The van der Waals surface area contributed by atoms with E-state index in [1.165, 1.54) is 12.5 Å². The minimum Gasteiger partial charge on any atom is -0.463 e. The van der Waals surface area contributed by atoms with Crippen molar-refractivity contribution in [1.29, 1.82) is 10.8 Å². The summed E-state index contributed by atoms with van der Waals surface area (Å²) in [4.78, 5) is 0. The quantitative estimate of drug-likeness (QED) is 0.256. The van der Waals surface area contributed by atoms with Crippen LogP contribution in [0.4, 0.5) is 0 Å². The van der Waals surface area contributed by atoms with Crippen LogP contribution < -0.4 is 22.3 Å². The minimum absolute atomic E-state index is 0.212. The first-order valence-corrected chi connectivity index (χ1v) is 6.01. The van der Waals surface area contributed by atoms with Crippen molar-refractivity contribution in [3.63, 3.8) is 0 Å². The number of hydrazone groups is 2. The second-order valence-electron chi connectivity index (χ2n) is 3.93. The van der Waals surface area contributed by atoms with Crippen LogP contribution in [0.2, 0.25) is 0 Å². The van der Waals surface area contributed by atoms with Gasteiger partial charge < -0.3 is 20.3 Å². The highest BCUT2D eigenvalue weighted by Gasteiger charge is 2.20. The van der Waals surface area contributed by atoms with E-state index >= 15 is 0 Å². The molecule has 2 heterocycles. The van der Waals surface area contributed by atoms with Crippen molar-refractivity contribution < 1.29 is 8.83 Å². The zero-order valence-corrected chi connectivity index (χ0v) is 11.3. The topological polar surface area (TPSA) is 175 Å². The predicted molar refractivity (Wildman–Crippen MR) is 80.6 cm³/mol. The number of nitrogens with zero attached hydrogens (tertiary/aromatic N) is 2. The molecule has 22 heavy (non-hydrogen) atoms. The number of guanidine groups is 2. The van der Waals surface area contributed by atoms with Crippen LogP contribution in [0.25, 0.3) is 0 Å². The molecule has 0 aliphatic carbocycles. The maximum absolute atomic E-state index is 7.19. The molecule has 0 saturated heterocycles. The van der Waals surface area contributed by atoms with Gasteiger partial charge in [-0.25, -0.2) is 10.9 Å². The van der Waals surface area contributed by atoms with Crippen LogP contribution in [0.15, 0.2) is 55.8 Å². The molecule has 0 bridgehead atoms. The fourth-order valence-corrected chi connectivity index (χ4v) is 1.51. The molecule has 8 N–H and O–H groups in total. The molecule has 2 aromatic rings. The highest BCUT2D eigenvalue weighted by atomic mass is 16.3. The molecule has 2 rings (SSSR count). The van der Waals surface area contributed by atoms with E-state index in [1.807, 2.05) is 0 Å². The van der Waals surface area contributed by atoms with Gasteiger partial charge in [-0.3, -0.25) is 10.8 Å². The summed E-state index contributed by atoms with van der Waals surface area (Å²) in [6.07, 6.45) is 2.91. The SMILES string of the molecule is N=C(N)N/N=C(\C(=N/NC(=N)N)c1ccco1)c1ccco1. The molecule has 0 aliphatic heterocycles. The molecule has 0 atom stereocenters. The molecule has 2 aromatic heterocycles. The highest BCUT2D eigenvalue weighted by Crippen LogP contribution is 2.11. The molecule has 114 valence electrons. The van der Waals surface area contributed by atoms with Crippen LogP contribution in [0.5, 0.6) is 0 Å². The third-order valence-corrected chi connectivity index (χ3v) is 2.31. The second-order valence-corrected chi connectivity index (χ2v) is 3.93. The molecule has 10 heteroatoms. The van der Waals surface area contributed by atoms with Crippen LogP contribution in [-0.2, 0) is 0 Å². The number of nitrogens with one attached hydrogen (secondary N) is 4. The first-order valence-electron chi connectivity index (χ1n) is 6.01. The maximum Gasteiger partial charge on any atom is 0.206 e. The van der Waals surface area contributed by atoms with E-state index < -0.39 is 0 Å². The molecule has 0 spiro atoms. The van der Waals surface area contributed by atoms with Gasteiger partial charge in [-0.15, -0.1) is 0 Å². The summed E-state index contributed by atoms with van der Waals surface area (Å²) in [6.45, 7) is 0. The Balaban J connectivity index is 2.48. The number of nitrogens with two attached hydrogens (primary N) is 2. The molecular weight excluding hydrogens is 288 g/mol. The van der Waals surface area contributed by atoms with Crippen LogP contribution in [0.1, 0.15) is 11.5 Å². The van der Waals surface area contributed by atoms with Gasteiger partial charge in [-0.1, -0.05) is 0 Å². The van der Waals surface area contributed by atoms with E-state index in [0.717, 1.165) is 0 Å². The Kier molecular flexibility index (Phi) is 4.55. The molecule has 0 fully saturated rings. The van der Waals surface area contributed by atoms with E-state index in [-0.39, 0.29) is 23.3 Å². The van der Waals surface area contributed by atoms with Crippen LogP contribution in [0, 0.1) is 10.8 Å². The Bertz CT molecular complexity index is 637. The molecule has 10 nitrogen and oxygen atoms in total. The first-order chi connectivity index (χ1) is 10.6. The van der Waals surface area contributed by atoms with Crippen LogP contribution in [-0.4, -0.2) is 23.3 Å². The van der Waals surface area contributed by atoms with Crippen molar-refractivity contribution in [2.24, 2.45) is 21.7 Å². The van der Waals surface area contributed by atoms with Crippen molar-refractivity contribution in [3.05, 3.63) is 48.3 Å². The van der Waals surface area contributed by atoms with Crippen molar-refractivity contribution in [2.75, 3.05) is 0 Å². The summed E-state index contributed by atoms with van der Waals surface area (Å²) in [6, 6.07) is 6.62. The third kappa shape index (κ3) is 3.72. The van der Waals surface area contributed by atoms with E-state index in [4.69, 9.17) is 31.1 Å². The van der Waals surface area contributed by atoms with Crippen LogP contribution in [0.3, 0.4) is 0 Å².